The third-order valence-corrected chi connectivity index (χ3v) is 3.15. The van der Waals surface area contributed by atoms with Gasteiger partial charge in [-0.2, -0.15) is 0 Å². The predicted molar refractivity (Wildman–Crippen MR) is 73.0 cm³/mol. The van der Waals surface area contributed by atoms with E-state index in [-0.39, 0.29) is 11.9 Å². The summed E-state index contributed by atoms with van der Waals surface area (Å²) in [5, 5.41) is 4.24. The molecule has 0 fully saturated rings. The zero-order valence-corrected chi connectivity index (χ0v) is 11.9. The van der Waals surface area contributed by atoms with E-state index in [2.05, 4.69) is 5.32 Å². The van der Waals surface area contributed by atoms with Gasteiger partial charge in [0.05, 0.1) is 10.7 Å². The lowest BCUT2D eigenvalue weighted by Crippen LogP contribution is -2.36. The maximum absolute atomic E-state index is 11.7. The third kappa shape index (κ3) is 3.51. The van der Waals surface area contributed by atoms with Crippen LogP contribution in [0.5, 0.6) is 0 Å². The Morgan fingerprint density at radius 2 is 1.88 bits per heavy atom. The molecule has 0 saturated heterocycles. The number of nitrogens with one attached hydrogen (secondary N) is 1. The number of likely N-dealkylation sites (N-methyl/N-ethyl adjacent to an activating group) is 1. The van der Waals surface area contributed by atoms with E-state index in [1.165, 1.54) is 4.90 Å². The quantitative estimate of drug-likeness (QED) is 0.918. The molecule has 17 heavy (non-hydrogen) atoms. The summed E-state index contributed by atoms with van der Waals surface area (Å²) >= 11 is 12.1. The summed E-state index contributed by atoms with van der Waals surface area (Å²) in [4.78, 5) is 13.2. The van der Waals surface area contributed by atoms with Crippen LogP contribution < -0.4 is 5.32 Å². The van der Waals surface area contributed by atoms with Crippen LogP contribution in [0.15, 0.2) is 12.1 Å². The molecule has 1 unspecified atom stereocenters. The second-order valence-corrected chi connectivity index (χ2v) is 4.99. The summed E-state index contributed by atoms with van der Waals surface area (Å²) in [5.41, 5.74) is 1.58. The Morgan fingerprint density at radius 1 is 1.29 bits per heavy atom. The highest BCUT2D eigenvalue weighted by atomic mass is 35.5. The van der Waals surface area contributed by atoms with Crippen molar-refractivity contribution in [2.45, 2.75) is 19.9 Å². The molecule has 5 heteroatoms. The van der Waals surface area contributed by atoms with Gasteiger partial charge in [0.1, 0.15) is 6.04 Å². The topological polar surface area (TPSA) is 32.3 Å². The van der Waals surface area contributed by atoms with E-state index in [9.17, 15) is 4.79 Å². The Hall–Kier alpha value is -0.930. The minimum Gasteiger partial charge on any atom is -0.373 e. The second kappa shape index (κ2) is 5.61. The number of anilines is 1. The number of hydrogen-bond acceptors (Lipinski definition) is 2. The van der Waals surface area contributed by atoms with Crippen LogP contribution in [-0.4, -0.2) is 30.9 Å². The molecule has 0 aliphatic carbocycles. The lowest BCUT2D eigenvalue weighted by molar-refractivity contribution is -0.129. The van der Waals surface area contributed by atoms with E-state index in [4.69, 9.17) is 23.2 Å². The monoisotopic (exact) mass is 274 g/mol. The van der Waals surface area contributed by atoms with E-state index >= 15 is 0 Å². The number of halogens is 2. The van der Waals surface area contributed by atoms with Crippen molar-refractivity contribution >= 4 is 34.8 Å². The Labute approximate surface area is 112 Å². The van der Waals surface area contributed by atoms with Crippen LogP contribution in [-0.2, 0) is 4.79 Å². The van der Waals surface area contributed by atoms with Gasteiger partial charge in [-0.25, -0.2) is 0 Å². The van der Waals surface area contributed by atoms with Gasteiger partial charge < -0.3 is 10.2 Å². The van der Waals surface area contributed by atoms with Crippen molar-refractivity contribution in [3.05, 3.63) is 27.7 Å². The fourth-order valence-corrected chi connectivity index (χ4v) is 1.88. The van der Waals surface area contributed by atoms with Gasteiger partial charge >= 0.3 is 0 Å². The number of carbonyl (C=O) groups is 1. The molecule has 1 atom stereocenters. The number of carbonyl (C=O) groups excluding carboxylic acids is 1. The van der Waals surface area contributed by atoms with Gasteiger partial charge in [0, 0.05) is 19.1 Å². The first-order valence-electron chi connectivity index (χ1n) is 5.26. The van der Waals surface area contributed by atoms with Crippen molar-refractivity contribution < 1.29 is 4.79 Å². The minimum atomic E-state index is -0.346. The van der Waals surface area contributed by atoms with E-state index in [0.29, 0.717) is 15.7 Å². The van der Waals surface area contributed by atoms with Gasteiger partial charge in [-0.1, -0.05) is 23.2 Å². The smallest absolute Gasteiger partial charge is 0.244 e. The number of amides is 1. The maximum atomic E-state index is 11.7. The average Bonchev–Trinajstić information content (AvgIpc) is 2.24. The fourth-order valence-electron chi connectivity index (χ4n) is 1.44. The Kier molecular flexibility index (Phi) is 4.66. The Balaban J connectivity index is 2.89. The molecule has 0 heterocycles. The Bertz CT molecular complexity index is 433. The molecule has 0 radical (unpaired) electrons. The van der Waals surface area contributed by atoms with Crippen LogP contribution in [0.1, 0.15) is 12.5 Å². The van der Waals surface area contributed by atoms with Crippen molar-refractivity contribution in [3.63, 3.8) is 0 Å². The van der Waals surface area contributed by atoms with Gasteiger partial charge in [-0.15, -0.1) is 0 Å². The van der Waals surface area contributed by atoms with Crippen molar-refractivity contribution in [2.75, 3.05) is 19.4 Å². The lowest BCUT2D eigenvalue weighted by atomic mass is 10.2. The Morgan fingerprint density at radius 3 is 2.41 bits per heavy atom. The zero-order chi connectivity index (χ0) is 13.2. The molecule has 0 bridgehead atoms. The van der Waals surface area contributed by atoms with Crippen molar-refractivity contribution in [2.24, 2.45) is 0 Å². The van der Waals surface area contributed by atoms with E-state index in [1.54, 1.807) is 33.2 Å². The van der Waals surface area contributed by atoms with Crippen LogP contribution in [0, 0.1) is 6.92 Å². The minimum absolute atomic E-state index is 0.0160. The van der Waals surface area contributed by atoms with Gasteiger partial charge in [0.2, 0.25) is 5.91 Å². The van der Waals surface area contributed by atoms with Crippen LogP contribution in [0.3, 0.4) is 0 Å². The third-order valence-electron chi connectivity index (χ3n) is 2.43. The van der Waals surface area contributed by atoms with E-state index in [1.807, 2.05) is 6.92 Å². The van der Waals surface area contributed by atoms with Crippen molar-refractivity contribution in [1.29, 1.82) is 0 Å². The molecule has 94 valence electrons. The molecule has 0 aliphatic heterocycles. The number of hydrogen-bond donors (Lipinski definition) is 1. The normalized spacial score (nSPS) is 12.1. The molecule has 0 aliphatic rings. The summed E-state index contributed by atoms with van der Waals surface area (Å²) in [5.74, 6) is -0.0160. The summed E-state index contributed by atoms with van der Waals surface area (Å²) in [7, 11) is 3.43. The second-order valence-electron chi connectivity index (χ2n) is 4.18. The van der Waals surface area contributed by atoms with Crippen molar-refractivity contribution in [3.8, 4) is 0 Å². The van der Waals surface area contributed by atoms with Gasteiger partial charge in [0.15, 0.2) is 0 Å². The molecule has 1 rings (SSSR count). The molecule has 0 aromatic heterocycles. The van der Waals surface area contributed by atoms with Crippen LogP contribution in [0.2, 0.25) is 10.0 Å². The predicted octanol–water partition coefficient (Wildman–Crippen LogP) is 3.19. The van der Waals surface area contributed by atoms with Gasteiger partial charge in [0.25, 0.3) is 0 Å². The fraction of sp³-hybridized carbons (Fsp3) is 0.417. The highest BCUT2D eigenvalue weighted by Gasteiger charge is 2.16. The first-order chi connectivity index (χ1) is 7.82. The molecule has 0 saturated carbocycles. The number of rotatable bonds is 3. The van der Waals surface area contributed by atoms with Crippen LogP contribution in [0.25, 0.3) is 0 Å². The van der Waals surface area contributed by atoms with E-state index < -0.39 is 0 Å². The lowest BCUT2D eigenvalue weighted by Gasteiger charge is -2.20. The molecule has 0 spiro atoms. The highest BCUT2D eigenvalue weighted by Crippen LogP contribution is 2.29. The summed E-state index contributed by atoms with van der Waals surface area (Å²) in [6.07, 6.45) is 0. The largest absolute Gasteiger partial charge is 0.373 e. The molecule has 1 aromatic rings. The SMILES string of the molecule is Cc1cc(Cl)c(NC(C)C(=O)N(C)C)cc1Cl. The standard InChI is InChI=1S/C12H16Cl2N2O/c1-7-5-10(14)11(6-9(7)13)15-8(2)12(17)16(3)4/h5-6,8,15H,1-4H3. The molecule has 1 amide bonds. The summed E-state index contributed by atoms with van der Waals surface area (Å²) in [6.45, 7) is 3.67. The van der Waals surface area contributed by atoms with Crippen LogP contribution in [0.4, 0.5) is 5.69 Å². The zero-order valence-electron chi connectivity index (χ0n) is 10.3. The summed E-state index contributed by atoms with van der Waals surface area (Å²) in [6, 6.07) is 3.17. The maximum Gasteiger partial charge on any atom is 0.244 e. The number of aryl methyl sites for hydroxylation is 1. The number of nitrogens with zero attached hydrogens (tertiary/aromatic N) is 1. The van der Waals surface area contributed by atoms with Gasteiger partial charge in [-0.05, 0) is 31.5 Å². The van der Waals surface area contributed by atoms with Crippen LogP contribution >= 0.6 is 23.2 Å². The number of benzene rings is 1. The molecule has 1 aromatic carbocycles. The first-order valence-corrected chi connectivity index (χ1v) is 6.02. The average molecular weight is 275 g/mol. The molecular formula is C12H16Cl2N2O. The molecule has 3 nitrogen and oxygen atoms in total. The molecule has 1 N–H and O–H groups in total. The van der Waals surface area contributed by atoms with Gasteiger partial charge in [-0.3, -0.25) is 4.79 Å². The first kappa shape index (κ1) is 14.1. The highest BCUT2D eigenvalue weighted by molar-refractivity contribution is 6.35. The van der Waals surface area contributed by atoms with E-state index in [0.717, 1.165) is 5.56 Å². The summed E-state index contributed by atoms with van der Waals surface area (Å²) < 4.78 is 0. The van der Waals surface area contributed by atoms with Crippen molar-refractivity contribution in [1.82, 2.24) is 4.90 Å². The molecular weight excluding hydrogens is 259 g/mol.